The van der Waals surface area contributed by atoms with Gasteiger partial charge in [-0.05, 0) is 19.1 Å². The van der Waals surface area contributed by atoms with Gasteiger partial charge in [-0.2, -0.15) is 0 Å². The third-order valence-corrected chi connectivity index (χ3v) is 5.68. The number of methoxy groups -OCH3 is 1. The van der Waals surface area contributed by atoms with Crippen molar-refractivity contribution in [2.24, 2.45) is 0 Å². The summed E-state index contributed by atoms with van der Waals surface area (Å²) in [6.07, 6.45) is 0.175. The number of hydrogen-bond donors (Lipinski definition) is 0. The van der Waals surface area contributed by atoms with Crippen molar-refractivity contribution in [1.29, 1.82) is 0 Å². The molecule has 5 nitrogen and oxygen atoms in total. The van der Waals surface area contributed by atoms with Gasteiger partial charge in [0.15, 0.2) is 0 Å². The number of ether oxygens (including phenoxy) is 1. The maximum Gasteiger partial charge on any atom is 0.270 e. The minimum absolute atomic E-state index is 0.0556. The molecule has 19 heavy (non-hydrogen) atoms. The summed E-state index contributed by atoms with van der Waals surface area (Å²) >= 11 is 1.02. The lowest BCUT2D eigenvalue weighted by Crippen LogP contribution is -2.34. The van der Waals surface area contributed by atoms with Gasteiger partial charge >= 0.3 is 0 Å². The molecule has 8 heteroatoms. The molecule has 1 aromatic rings. The minimum Gasteiger partial charge on any atom is -0.383 e. The summed E-state index contributed by atoms with van der Waals surface area (Å²) in [6, 6.07) is 3.03. The molecule has 0 bridgehead atoms. The summed E-state index contributed by atoms with van der Waals surface area (Å²) in [6.45, 7) is 3.48. The van der Waals surface area contributed by atoms with Gasteiger partial charge in [0.1, 0.15) is 4.21 Å². The van der Waals surface area contributed by atoms with Gasteiger partial charge in [-0.1, -0.05) is 0 Å². The van der Waals surface area contributed by atoms with Crippen LogP contribution >= 0.6 is 22.0 Å². The molecule has 0 atom stereocenters. The fourth-order valence-corrected chi connectivity index (χ4v) is 3.62. The lowest BCUT2D eigenvalue weighted by atomic mass is 10.3. The van der Waals surface area contributed by atoms with Gasteiger partial charge in [-0.25, -0.2) is 8.42 Å². The molecule has 1 amide bonds. The van der Waals surface area contributed by atoms with Crippen molar-refractivity contribution in [3.8, 4) is 0 Å². The van der Waals surface area contributed by atoms with Crippen LogP contribution in [0.4, 0.5) is 0 Å². The standard InChI is InChI=1S/C11H16ClNO4S2/c1-3-13(6-7-17-2)10(14)8-9-4-5-11(18-9)19(12,15)16/h4-5H,3,6-8H2,1-2H3. The summed E-state index contributed by atoms with van der Waals surface area (Å²) in [7, 11) is 3.10. The third-order valence-electron chi connectivity index (χ3n) is 2.50. The zero-order valence-corrected chi connectivity index (χ0v) is 13.1. The molecule has 0 aliphatic carbocycles. The van der Waals surface area contributed by atoms with Gasteiger partial charge in [0.25, 0.3) is 9.05 Å². The van der Waals surface area contributed by atoms with E-state index in [9.17, 15) is 13.2 Å². The van der Waals surface area contributed by atoms with Crippen molar-refractivity contribution in [3.05, 3.63) is 17.0 Å². The van der Waals surface area contributed by atoms with Crippen LogP contribution in [0.2, 0.25) is 0 Å². The van der Waals surface area contributed by atoms with Gasteiger partial charge in [0, 0.05) is 35.8 Å². The zero-order chi connectivity index (χ0) is 14.5. The van der Waals surface area contributed by atoms with Crippen LogP contribution in [0.25, 0.3) is 0 Å². The van der Waals surface area contributed by atoms with E-state index in [1.54, 1.807) is 18.1 Å². The maximum absolute atomic E-state index is 12.0. The van der Waals surface area contributed by atoms with Crippen LogP contribution in [0, 0.1) is 0 Å². The van der Waals surface area contributed by atoms with Crippen molar-refractivity contribution in [3.63, 3.8) is 0 Å². The van der Waals surface area contributed by atoms with Crippen molar-refractivity contribution in [2.75, 3.05) is 26.8 Å². The number of carbonyl (C=O) groups is 1. The Kier molecular flexibility index (Phi) is 6.25. The van der Waals surface area contributed by atoms with Gasteiger partial charge < -0.3 is 9.64 Å². The van der Waals surface area contributed by atoms with Crippen molar-refractivity contribution < 1.29 is 17.9 Å². The van der Waals surface area contributed by atoms with Crippen LogP contribution in [0.15, 0.2) is 16.3 Å². The van der Waals surface area contributed by atoms with Gasteiger partial charge in [-0.15, -0.1) is 11.3 Å². The lowest BCUT2D eigenvalue weighted by Gasteiger charge is -2.19. The molecule has 0 aliphatic rings. The number of hydrogen-bond acceptors (Lipinski definition) is 5. The molecule has 1 heterocycles. The molecule has 0 saturated heterocycles. The number of nitrogens with zero attached hydrogens (tertiary/aromatic N) is 1. The molecular weight excluding hydrogens is 310 g/mol. The molecule has 0 radical (unpaired) electrons. The largest absolute Gasteiger partial charge is 0.383 e. The van der Waals surface area contributed by atoms with E-state index in [0.717, 1.165) is 11.3 Å². The van der Waals surface area contributed by atoms with E-state index in [1.807, 2.05) is 6.92 Å². The number of carbonyl (C=O) groups excluding carboxylic acids is 1. The first-order valence-corrected chi connectivity index (χ1v) is 8.81. The van der Waals surface area contributed by atoms with Crippen LogP contribution in [0.1, 0.15) is 11.8 Å². The Hall–Kier alpha value is -0.630. The SMILES string of the molecule is CCN(CCOC)C(=O)Cc1ccc(S(=O)(=O)Cl)s1. The highest BCUT2D eigenvalue weighted by Gasteiger charge is 2.17. The highest BCUT2D eigenvalue weighted by atomic mass is 35.7. The molecule has 0 N–H and O–H groups in total. The summed E-state index contributed by atoms with van der Waals surface area (Å²) in [5.74, 6) is -0.0556. The summed E-state index contributed by atoms with van der Waals surface area (Å²) in [5.41, 5.74) is 0. The molecule has 0 saturated carbocycles. The predicted octanol–water partition coefficient (Wildman–Crippen LogP) is 1.71. The van der Waals surface area contributed by atoms with E-state index in [0.29, 0.717) is 24.6 Å². The smallest absolute Gasteiger partial charge is 0.270 e. The second-order valence-electron chi connectivity index (χ2n) is 3.80. The fraction of sp³-hybridized carbons (Fsp3) is 0.545. The molecule has 0 aromatic carbocycles. The van der Waals surface area contributed by atoms with E-state index in [2.05, 4.69) is 0 Å². The first-order valence-electron chi connectivity index (χ1n) is 5.68. The predicted molar refractivity (Wildman–Crippen MR) is 75.2 cm³/mol. The summed E-state index contributed by atoms with van der Waals surface area (Å²) < 4.78 is 27.3. The average molecular weight is 326 g/mol. The Morgan fingerprint density at radius 1 is 1.47 bits per heavy atom. The topological polar surface area (TPSA) is 63.7 Å². The molecule has 108 valence electrons. The average Bonchev–Trinajstić information content (AvgIpc) is 2.78. The summed E-state index contributed by atoms with van der Waals surface area (Å²) in [5, 5.41) is 0. The quantitative estimate of drug-likeness (QED) is 0.716. The van der Waals surface area contributed by atoms with E-state index < -0.39 is 9.05 Å². The third kappa shape index (κ3) is 5.10. The molecule has 1 aromatic heterocycles. The minimum atomic E-state index is -3.71. The Balaban J connectivity index is 2.68. The van der Waals surface area contributed by atoms with Crippen LogP contribution < -0.4 is 0 Å². The molecular formula is C11H16ClNO4S2. The number of likely N-dealkylation sites (N-methyl/N-ethyl adjacent to an activating group) is 1. The zero-order valence-electron chi connectivity index (χ0n) is 10.8. The first-order chi connectivity index (χ1) is 8.88. The van der Waals surface area contributed by atoms with E-state index >= 15 is 0 Å². The molecule has 0 spiro atoms. The van der Waals surface area contributed by atoms with Crippen molar-refractivity contribution in [1.82, 2.24) is 4.90 Å². The molecule has 0 fully saturated rings. The Morgan fingerprint density at radius 3 is 2.63 bits per heavy atom. The lowest BCUT2D eigenvalue weighted by molar-refractivity contribution is -0.130. The van der Waals surface area contributed by atoms with E-state index in [4.69, 9.17) is 15.4 Å². The number of rotatable bonds is 7. The van der Waals surface area contributed by atoms with Gasteiger partial charge in [0.2, 0.25) is 5.91 Å². The number of halogens is 1. The number of amides is 1. The fourth-order valence-electron chi connectivity index (χ4n) is 1.51. The molecule has 1 rings (SSSR count). The maximum atomic E-state index is 12.0. The summed E-state index contributed by atoms with van der Waals surface area (Å²) in [4.78, 5) is 14.3. The molecule has 0 aliphatic heterocycles. The highest BCUT2D eigenvalue weighted by molar-refractivity contribution is 8.15. The second-order valence-corrected chi connectivity index (χ2v) is 7.76. The van der Waals surface area contributed by atoms with Crippen LogP contribution in [0.3, 0.4) is 0 Å². The number of thiophene rings is 1. The normalized spacial score (nSPS) is 11.5. The van der Waals surface area contributed by atoms with Crippen molar-refractivity contribution in [2.45, 2.75) is 17.6 Å². The first kappa shape index (κ1) is 16.4. The monoisotopic (exact) mass is 325 g/mol. The van der Waals surface area contributed by atoms with Crippen LogP contribution in [-0.4, -0.2) is 46.0 Å². The van der Waals surface area contributed by atoms with Crippen molar-refractivity contribution >= 4 is 37.0 Å². The van der Waals surface area contributed by atoms with E-state index in [-0.39, 0.29) is 16.5 Å². The second kappa shape index (κ2) is 7.23. The van der Waals surface area contributed by atoms with E-state index in [1.165, 1.54) is 6.07 Å². The highest BCUT2D eigenvalue weighted by Crippen LogP contribution is 2.25. The van der Waals surface area contributed by atoms with Crippen LogP contribution in [-0.2, 0) is 25.0 Å². The van der Waals surface area contributed by atoms with Gasteiger partial charge in [0.05, 0.1) is 13.0 Å². The molecule has 0 unspecified atom stereocenters. The Morgan fingerprint density at radius 2 is 2.16 bits per heavy atom. The Labute approximate surface area is 121 Å². The van der Waals surface area contributed by atoms with Crippen LogP contribution in [0.5, 0.6) is 0 Å². The van der Waals surface area contributed by atoms with Gasteiger partial charge in [-0.3, -0.25) is 4.79 Å². The Bertz CT molecular complexity index is 527.